The Bertz CT molecular complexity index is 1360. The lowest BCUT2D eigenvalue weighted by Crippen LogP contribution is -2.55. The number of thioether (sulfide) groups is 1. The number of nitrogens with zero attached hydrogens (tertiary/aromatic N) is 1. The normalized spacial score (nSPS) is 13.6. The number of benzene rings is 3. The first kappa shape index (κ1) is 31.8. The molecule has 0 aliphatic carbocycles. The maximum atomic E-state index is 14.3. The fourth-order valence-electron chi connectivity index (χ4n) is 4.53. The van der Waals surface area contributed by atoms with Crippen molar-refractivity contribution >= 4 is 46.1 Å². The zero-order chi connectivity index (χ0) is 30.2. The number of alkyl carbamates (subject to hydrolysis) is 1. The summed E-state index contributed by atoms with van der Waals surface area (Å²) in [6.45, 7) is 9.03. The van der Waals surface area contributed by atoms with Crippen molar-refractivity contribution in [3.8, 4) is 5.75 Å². The molecule has 3 rings (SSSR count). The molecule has 0 aliphatic heterocycles. The van der Waals surface area contributed by atoms with Crippen LogP contribution in [0, 0.1) is 0 Å². The molecule has 0 spiro atoms. The maximum Gasteiger partial charge on any atom is 0.408 e. The molecule has 8 nitrogen and oxygen atoms in total. The molecule has 0 aliphatic rings. The van der Waals surface area contributed by atoms with Gasteiger partial charge in [0.1, 0.15) is 23.4 Å². The summed E-state index contributed by atoms with van der Waals surface area (Å²) in [6, 6.07) is 17.4. The fraction of sp³-hybridized carbons (Fsp3) is 0.406. The lowest BCUT2D eigenvalue weighted by atomic mass is 9.98. The lowest BCUT2D eigenvalue weighted by molar-refractivity contribution is -0.143. The van der Waals surface area contributed by atoms with Crippen LogP contribution in [0.4, 0.5) is 10.5 Å². The van der Waals surface area contributed by atoms with E-state index in [0.717, 1.165) is 10.8 Å². The van der Waals surface area contributed by atoms with E-state index in [1.165, 1.54) is 11.0 Å². The van der Waals surface area contributed by atoms with Crippen LogP contribution in [0.1, 0.15) is 59.1 Å². The Morgan fingerprint density at radius 1 is 1.00 bits per heavy atom. The average molecular weight is 580 g/mol. The summed E-state index contributed by atoms with van der Waals surface area (Å²) < 4.78 is 5.44. The number of carbonyl (C=O) groups is 3. The number of carbonyl (C=O) groups excluding carboxylic acids is 3. The van der Waals surface area contributed by atoms with Gasteiger partial charge in [0.25, 0.3) is 5.91 Å². The van der Waals surface area contributed by atoms with Crippen molar-refractivity contribution in [2.75, 3.05) is 17.3 Å². The van der Waals surface area contributed by atoms with E-state index in [1.807, 2.05) is 62.6 Å². The Balaban J connectivity index is 2.04. The van der Waals surface area contributed by atoms with Crippen LogP contribution < -0.4 is 10.6 Å². The van der Waals surface area contributed by atoms with Crippen LogP contribution in [0.25, 0.3) is 10.8 Å². The molecule has 3 N–H and O–H groups in total. The standard InChI is InChI=1S/C32H41N3O5S/c1-7-21(2)35(30(38)26(18-19-41-6)34-31(39)40-32(3,4)5)28(25-14-10-11-15-27(25)36)29(37)33-24-17-16-22-12-8-9-13-23(22)20-24/h8-17,20-21,26,28,36H,7,18-19H2,1-6H3,(H,33,37)(H,34,39). The van der Waals surface area contributed by atoms with Crippen LogP contribution in [0.5, 0.6) is 5.75 Å². The first-order valence-corrected chi connectivity index (χ1v) is 15.2. The molecule has 3 unspecified atom stereocenters. The molecule has 3 amide bonds. The Morgan fingerprint density at radius 3 is 2.29 bits per heavy atom. The largest absolute Gasteiger partial charge is 0.508 e. The number of para-hydroxylation sites is 1. The van der Waals surface area contributed by atoms with Gasteiger partial charge >= 0.3 is 6.09 Å². The summed E-state index contributed by atoms with van der Waals surface area (Å²) in [5, 5.41) is 18.6. The number of amides is 3. The Hall–Kier alpha value is -3.72. The number of phenols is 1. The molecule has 3 aromatic carbocycles. The van der Waals surface area contributed by atoms with Gasteiger partial charge in [0, 0.05) is 17.3 Å². The maximum absolute atomic E-state index is 14.3. The zero-order valence-corrected chi connectivity index (χ0v) is 25.5. The van der Waals surface area contributed by atoms with E-state index in [9.17, 15) is 19.5 Å². The minimum absolute atomic E-state index is 0.104. The molecule has 0 heterocycles. The van der Waals surface area contributed by atoms with Gasteiger partial charge in [0.15, 0.2) is 0 Å². The minimum Gasteiger partial charge on any atom is -0.508 e. The SMILES string of the molecule is CCC(C)N(C(=O)C(CCSC)NC(=O)OC(C)(C)C)C(C(=O)Nc1ccc2ccccc2c1)c1ccccc1O. The molecule has 3 atom stereocenters. The molecular weight excluding hydrogens is 538 g/mol. The van der Waals surface area contributed by atoms with E-state index < -0.39 is 41.6 Å². The second-order valence-electron chi connectivity index (χ2n) is 11.0. The predicted molar refractivity (Wildman–Crippen MR) is 166 cm³/mol. The minimum atomic E-state index is -1.16. The Kier molecular flexibility index (Phi) is 11.1. The molecule has 0 bridgehead atoms. The van der Waals surface area contributed by atoms with E-state index in [4.69, 9.17) is 4.74 Å². The summed E-state index contributed by atoms with van der Waals surface area (Å²) in [7, 11) is 0. The first-order valence-electron chi connectivity index (χ1n) is 13.8. The third-order valence-electron chi connectivity index (χ3n) is 6.69. The summed E-state index contributed by atoms with van der Waals surface area (Å²) in [6.07, 6.45) is 2.09. The highest BCUT2D eigenvalue weighted by molar-refractivity contribution is 7.98. The number of aromatic hydroxyl groups is 1. The number of hydrogen-bond donors (Lipinski definition) is 3. The summed E-state index contributed by atoms with van der Waals surface area (Å²) in [5.74, 6) is -0.407. The second kappa shape index (κ2) is 14.3. The topological polar surface area (TPSA) is 108 Å². The highest BCUT2D eigenvalue weighted by Crippen LogP contribution is 2.33. The molecule has 0 saturated carbocycles. The van der Waals surface area contributed by atoms with Gasteiger partial charge in [-0.3, -0.25) is 9.59 Å². The van der Waals surface area contributed by atoms with Gasteiger partial charge < -0.3 is 25.4 Å². The van der Waals surface area contributed by atoms with Gasteiger partial charge in [0.05, 0.1) is 0 Å². The number of hydrogen-bond acceptors (Lipinski definition) is 6. The molecule has 0 fully saturated rings. The van der Waals surface area contributed by atoms with Gasteiger partial charge in [-0.25, -0.2) is 4.79 Å². The molecule has 220 valence electrons. The summed E-state index contributed by atoms with van der Waals surface area (Å²) in [4.78, 5) is 42.6. The lowest BCUT2D eigenvalue weighted by Gasteiger charge is -2.38. The smallest absolute Gasteiger partial charge is 0.408 e. The van der Waals surface area contributed by atoms with Crippen molar-refractivity contribution in [1.82, 2.24) is 10.2 Å². The first-order chi connectivity index (χ1) is 19.4. The fourth-order valence-corrected chi connectivity index (χ4v) is 5.00. The van der Waals surface area contributed by atoms with Crippen molar-refractivity contribution in [2.24, 2.45) is 0 Å². The monoisotopic (exact) mass is 579 g/mol. The third kappa shape index (κ3) is 8.63. The van der Waals surface area contributed by atoms with Crippen LogP contribution >= 0.6 is 11.8 Å². The number of nitrogens with one attached hydrogen (secondary N) is 2. The van der Waals surface area contributed by atoms with Gasteiger partial charge in [-0.2, -0.15) is 11.8 Å². The van der Waals surface area contributed by atoms with Gasteiger partial charge in [-0.1, -0.05) is 55.5 Å². The summed E-state index contributed by atoms with van der Waals surface area (Å²) >= 11 is 1.55. The van der Waals surface area contributed by atoms with E-state index in [2.05, 4.69) is 10.6 Å². The van der Waals surface area contributed by atoms with Gasteiger partial charge in [0.2, 0.25) is 5.91 Å². The van der Waals surface area contributed by atoms with Crippen LogP contribution in [-0.4, -0.2) is 57.6 Å². The Labute approximate surface area is 246 Å². The van der Waals surface area contributed by atoms with Gasteiger partial charge in [-0.05, 0) is 81.5 Å². The van der Waals surface area contributed by atoms with Crippen LogP contribution in [-0.2, 0) is 14.3 Å². The molecule has 0 saturated heterocycles. The number of rotatable bonds is 11. The number of fused-ring (bicyclic) bond motifs is 1. The van der Waals surface area contributed by atoms with Crippen LogP contribution in [0.15, 0.2) is 66.7 Å². The van der Waals surface area contributed by atoms with Crippen molar-refractivity contribution < 1.29 is 24.2 Å². The van der Waals surface area contributed by atoms with Crippen molar-refractivity contribution in [3.63, 3.8) is 0 Å². The molecule has 0 radical (unpaired) electrons. The van der Waals surface area contributed by atoms with E-state index in [0.29, 0.717) is 29.8 Å². The third-order valence-corrected chi connectivity index (χ3v) is 7.34. The van der Waals surface area contributed by atoms with Crippen molar-refractivity contribution in [3.05, 3.63) is 72.3 Å². The zero-order valence-electron chi connectivity index (χ0n) is 24.6. The van der Waals surface area contributed by atoms with E-state index >= 15 is 0 Å². The molecular formula is C32H41N3O5S. The molecule has 0 aromatic heterocycles. The number of anilines is 1. The summed E-state index contributed by atoms with van der Waals surface area (Å²) in [5.41, 5.74) is 0.114. The molecule has 3 aromatic rings. The van der Waals surface area contributed by atoms with Crippen LogP contribution in [0.2, 0.25) is 0 Å². The van der Waals surface area contributed by atoms with Gasteiger partial charge in [-0.15, -0.1) is 0 Å². The molecule has 41 heavy (non-hydrogen) atoms. The average Bonchev–Trinajstić information content (AvgIpc) is 2.92. The van der Waals surface area contributed by atoms with E-state index in [-0.39, 0.29) is 5.75 Å². The molecule has 9 heteroatoms. The quantitative estimate of drug-likeness (QED) is 0.239. The highest BCUT2D eigenvalue weighted by atomic mass is 32.2. The second-order valence-corrected chi connectivity index (χ2v) is 12.0. The van der Waals surface area contributed by atoms with Crippen molar-refractivity contribution in [1.29, 1.82) is 0 Å². The van der Waals surface area contributed by atoms with E-state index in [1.54, 1.807) is 50.7 Å². The van der Waals surface area contributed by atoms with Crippen molar-refractivity contribution in [2.45, 2.75) is 71.2 Å². The number of phenolic OH excluding ortho intramolecular Hbond substituents is 1. The number of ether oxygens (including phenoxy) is 1. The highest BCUT2D eigenvalue weighted by Gasteiger charge is 2.39. The Morgan fingerprint density at radius 2 is 1.66 bits per heavy atom. The predicted octanol–water partition coefficient (Wildman–Crippen LogP) is 6.50. The van der Waals surface area contributed by atoms with Crippen LogP contribution in [0.3, 0.4) is 0 Å².